The third kappa shape index (κ3) is 5.58. The summed E-state index contributed by atoms with van der Waals surface area (Å²) in [5.74, 6) is 0.238. The molecule has 25 heavy (non-hydrogen) atoms. The molecule has 134 valence electrons. The van der Waals surface area contributed by atoms with Gasteiger partial charge in [0.1, 0.15) is 5.75 Å². The van der Waals surface area contributed by atoms with Gasteiger partial charge < -0.3 is 10.1 Å². The molecule has 0 radical (unpaired) electrons. The molecule has 2 N–H and O–H groups in total. The first kappa shape index (κ1) is 19.0. The SMILES string of the molecule is COc1ccc(S(=O)(=O)NCC(=O)NCCc2ccccc2)cc1C. The minimum Gasteiger partial charge on any atom is -0.496 e. The van der Waals surface area contributed by atoms with Crippen LogP contribution in [0.5, 0.6) is 5.75 Å². The average Bonchev–Trinajstić information content (AvgIpc) is 2.61. The monoisotopic (exact) mass is 362 g/mol. The van der Waals surface area contributed by atoms with Gasteiger partial charge in [-0.1, -0.05) is 30.3 Å². The largest absolute Gasteiger partial charge is 0.496 e. The molecular formula is C18H22N2O4S. The lowest BCUT2D eigenvalue weighted by molar-refractivity contribution is -0.119. The lowest BCUT2D eigenvalue weighted by Gasteiger charge is -2.10. The van der Waals surface area contributed by atoms with Gasteiger partial charge in [0.2, 0.25) is 15.9 Å². The Kier molecular flexibility index (Phi) is 6.55. The van der Waals surface area contributed by atoms with Crippen LogP contribution in [0.3, 0.4) is 0 Å². The number of methoxy groups -OCH3 is 1. The van der Waals surface area contributed by atoms with E-state index < -0.39 is 10.0 Å². The van der Waals surface area contributed by atoms with Crippen molar-refractivity contribution in [3.05, 3.63) is 59.7 Å². The summed E-state index contributed by atoms with van der Waals surface area (Å²) in [6.45, 7) is 1.91. The van der Waals surface area contributed by atoms with Crippen LogP contribution in [0, 0.1) is 6.92 Å². The molecule has 0 aliphatic rings. The molecule has 0 bridgehead atoms. The van der Waals surface area contributed by atoms with E-state index in [-0.39, 0.29) is 17.3 Å². The number of sulfonamides is 1. The zero-order chi connectivity index (χ0) is 18.3. The molecule has 0 aliphatic heterocycles. The van der Waals surface area contributed by atoms with E-state index in [4.69, 9.17) is 4.74 Å². The molecule has 6 nitrogen and oxygen atoms in total. The second-order valence-electron chi connectivity index (χ2n) is 5.54. The highest BCUT2D eigenvalue weighted by atomic mass is 32.2. The number of nitrogens with one attached hydrogen (secondary N) is 2. The molecule has 0 aliphatic carbocycles. The lowest BCUT2D eigenvalue weighted by atomic mass is 10.1. The van der Waals surface area contributed by atoms with Crippen LogP contribution in [0.15, 0.2) is 53.4 Å². The summed E-state index contributed by atoms with van der Waals surface area (Å²) in [7, 11) is -2.22. The van der Waals surface area contributed by atoms with E-state index in [2.05, 4.69) is 10.0 Å². The molecule has 0 saturated carbocycles. The molecule has 0 aromatic heterocycles. The maximum atomic E-state index is 12.3. The summed E-state index contributed by atoms with van der Waals surface area (Å²) < 4.78 is 31.9. The smallest absolute Gasteiger partial charge is 0.241 e. The molecule has 1 amide bonds. The average molecular weight is 362 g/mol. The van der Waals surface area contributed by atoms with Crippen molar-refractivity contribution in [2.75, 3.05) is 20.2 Å². The van der Waals surface area contributed by atoms with Crippen LogP contribution >= 0.6 is 0 Å². The van der Waals surface area contributed by atoms with Crippen molar-refractivity contribution in [2.45, 2.75) is 18.2 Å². The second kappa shape index (κ2) is 8.64. The topological polar surface area (TPSA) is 84.5 Å². The van der Waals surface area contributed by atoms with Gasteiger partial charge in [-0.25, -0.2) is 13.1 Å². The maximum absolute atomic E-state index is 12.3. The van der Waals surface area contributed by atoms with Crippen LogP contribution in [0.4, 0.5) is 0 Å². The molecule has 0 atom stereocenters. The first-order valence-electron chi connectivity index (χ1n) is 7.87. The fraction of sp³-hybridized carbons (Fsp3) is 0.278. The van der Waals surface area contributed by atoms with Crippen molar-refractivity contribution in [3.63, 3.8) is 0 Å². The van der Waals surface area contributed by atoms with Crippen molar-refractivity contribution in [1.82, 2.24) is 10.0 Å². The Labute approximate surface area is 148 Å². The van der Waals surface area contributed by atoms with Crippen molar-refractivity contribution < 1.29 is 17.9 Å². The number of rotatable bonds is 8. The Hall–Kier alpha value is -2.38. The molecule has 0 saturated heterocycles. The van der Waals surface area contributed by atoms with Gasteiger partial charge in [-0.05, 0) is 42.7 Å². The van der Waals surface area contributed by atoms with E-state index in [0.717, 1.165) is 5.56 Å². The predicted octanol–water partition coefficient (Wildman–Crippen LogP) is 1.64. The van der Waals surface area contributed by atoms with Crippen LogP contribution in [-0.2, 0) is 21.2 Å². The van der Waals surface area contributed by atoms with Crippen LogP contribution < -0.4 is 14.8 Å². The van der Waals surface area contributed by atoms with Crippen LogP contribution in [0.2, 0.25) is 0 Å². The highest BCUT2D eigenvalue weighted by Gasteiger charge is 2.16. The van der Waals surface area contributed by atoms with Gasteiger partial charge in [0.05, 0.1) is 18.6 Å². The van der Waals surface area contributed by atoms with Gasteiger partial charge in [0, 0.05) is 6.54 Å². The highest BCUT2D eigenvalue weighted by Crippen LogP contribution is 2.21. The molecule has 0 spiro atoms. The van der Waals surface area contributed by atoms with Gasteiger partial charge in [-0.2, -0.15) is 0 Å². The number of hydrogen-bond acceptors (Lipinski definition) is 4. The van der Waals surface area contributed by atoms with Crippen molar-refractivity contribution in [2.24, 2.45) is 0 Å². The van der Waals surface area contributed by atoms with Crippen molar-refractivity contribution in [3.8, 4) is 5.75 Å². The van der Waals surface area contributed by atoms with Crippen LogP contribution in [0.25, 0.3) is 0 Å². The first-order valence-corrected chi connectivity index (χ1v) is 9.35. The Morgan fingerprint density at radius 3 is 2.48 bits per heavy atom. The number of hydrogen-bond donors (Lipinski definition) is 2. The van der Waals surface area contributed by atoms with Gasteiger partial charge in [0.15, 0.2) is 0 Å². The Bertz CT molecular complexity index is 820. The summed E-state index contributed by atoms with van der Waals surface area (Å²) in [4.78, 5) is 11.9. The summed E-state index contributed by atoms with van der Waals surface area (Å²) in [5, 5.41) is 2.70. The lowest BCUT2D eigenvalue weighted by Crippen LogP contribution is -2.37. The maximum Gasteiger partial charge on any atom is 0.241 e. The minimum atomic E-state index is -3.75. The molecule has 2 aromatic rings. The predicted molar refractivity (Wildman–Crippen MR) is 96.1 cm³/mol. The molecule has 0 unspecified atom stereocenters. The van der Waals surface area contributed by atoms with E-state index in [1.165, 1.54) is 19.2 Å². The third-order valence-electron chi connectivity index (χ3n) is 3.68. The van der Waals surface area contributed by atoms with Gasteiger partial charge in [0.25, 0.3) is 0 Å². The molecule has 0 fully saturated rings. The van der Waals surface area contributed by atoms with Gasteiger partial charge in [-0.3, -0.25) is 4.79 Å². The van der Waals surface area contributed by atoms with Crippen molar-refractivity contribution >= 4 is 15.9 Å². The molecule has 2 rings (SSSR count). The van der Waals surface area contributed by atoms with E-state index in [1.807, 2.05) is 30.3 Å². The molecular weight excluding hydrogens is 340 g/mol. The Morgan fingerprint density at radius 2 is 1.84 bits per heavy atom. The van der Waals surface area contributed by atoms with E-state index >= 15 is 0 Å². The Morgan fingerprint density at radius 1 is 1.12 bits per heavy atom. The van der Waals surface area contributed by atoms with E-state index in [0.29, 0.717) is 24.3 Å². The summed E-state index contributed by atoms with van der Waals surface area (Å²) in [6.07, 6.45) is 0.691. The number of ether oxygens (including phenoxy) is 1. The van der Waals surface area contributed by atoms with Crippen molar-refractivity contribution in [1.29, 1.82) is 0 Å². The number of carbonyl (C=O) groups excluding carboxylic acids is 1. The molecule has 7 heteroatoms. The second-order valence-corrected chi connectivity index (χ2v) is 7.31. The fourth-order valence-electron chi connectivity index (χ4n) is 2.32. The normalized spacial score (nSPS) is 11.1. The first-order chi connectivity index (χ1) is 11.9. The summed E-state index contributed by atoms with van der Waals surface area (Å²) in [5.41, 5.74) is 1.81. The quantitative estimate of drug-likeness (QED) is 0.748. The fourth-order valence-corrected chi connectivity index (χ4v) is 3.38. The van der Waals surface area contributed by atoms with Crippen LogP contribution in [-0.4, -0.2) is 34.5 Å². The zero-order valence-electron chi connectivity index (χ0n) is 14.3. The van der Waals surface area contributed by atoms with Gasteiger partial charge >= 0.3 is 0 Å². The standard InChI is InChI=1S/C18H22N2O4S/c1-14-12-16(8-9-17(14)24-2)25(22,23)20-13-18(21)19-11-10-15-6-4-3-5-7-15/h3-9,12,20H,10-11,13H2,1-2H3,(H,19,21). The number of carbonyl (C=O) groups is 1. The number of aryl methyl sites for hydroxylation is 1. The Balaban J connectivity index is 1.84. The van der Waals surface area contributed by atoms with Crippen LogP contribution in [0.1, 0.15) is 11.1 Å². The minimum absolute atomic E-state index is 0.0999. The van der Waals surface area contributed by atoms with E-state index in [9.17, 15) is 13.2 Å². The number of benzene rings is 2. The zero-order valence-corrected chi connectivity index (χ0v) is 15.1. The third-order valence-corrected chi connectivity index (χ3v) is 5.08. The molecule has 2 aromatic carbocycles. The summed E-state index contributed by atoms with van der Waals surface area (Å²) in [6, 6.07) is 14.3. The van der Waals surface area contributed by atoms with E-state index in [1.54, 1.807) is 13.0 Å². The van der Waals surface area contributed by atoms with Gasteiger partial charge in [-0.15, -0.1) is 0 Å². The number of amides is 1. The molecule has 0 heterocycles. The highest BCUT2D eigenvalue weighted by molar-refractivity contribution is 7.89. The summed E-state index contributed by atoms with van der Waals surface area (Å²) >= 11 is 0.